The van der Waals surface area contributed by atoms with E-state index in [0.29, 0.717) is 0 Å². The van der Waals surface area contributed by atoms with Crippen LogP contribution in [0.15, 0.2) is 12.4 Å². The molecule has 1 aromatic heterocycles. The van der Waals surface area contributed by atoms with Crippen LogP contribution in [0, 0.1) is 6.92 Å². The van der Waals surface area contributed by atoms with Crippen molar-refractivity contribution in [2.24, 2.45) is 0 Å². The lowest BCUT2D eigenvalue weighted by Crippen LogP contribution is -2.41. The zero-order valence-electron chi connectivity index (χ0n) is 14.4. The normalized spacial score (nSPS) is 20.3. The minimum absolute atomic E-state index is 0.319. The Labute approximate surface area is 129 Å². The maximum atomic E-state index is 6.14. The third-order valence-corrected chi connectivity index (χ3v) is 4.85. The number of hydrogen-bond donors (Lipinski definition) is 0. The summed E-state index contributed by atoms with van der Waals surface area (Å²) in [6.45, 7) is 14.5. The van der Waals surface area contributed by atoms with Gasteiger partial charge in [-0.05, 0) is 59.3 Å². The van der Waals surface area contributed by atoms with Crippen molar-refractivity contribution >= 4 is 12.6 Å². The summed E-state index contributed by atoms with van der Waals surface area (Å²) >= 11 is 0. The maximum absolute atomic E-state index is 6.14. The molecule has 4 nitrogen and oxygen atoms in total. The fourth-order valence-electron chi connectivity index (χ4n) is 2.36. The van der Waals surface area contributed by atoms with Crippen LogP contribution >= 0.6 is 0 Å². The standard InChI is InChI=1S/C16H27BN2O2/c1-8-19(7)11-13-9-18-10-14(12(13)2)17-20-15(3,4)16(5,6)21-17/h9-10H,8,11H2,1-7H3. The smallest absolute Gasteiger partial charge is 0.399 e. The van der Waals surface area contributed by atoms with Gasteiger partial charge in [0.25, 0.3) is 0 Å². The van der Waals surface area contributed by atoms with Crippen molar-refractivity contribution in [3.63, 3.8) is 0 Å². The first-order valence-corrected chi connectivity index (χ1v) is 7.65. The van der Waals surface area contributed by atoms with E-state index in [2.05, 4.69) is 58.5 Å². The Hall–Kier alpha value is -0.905. The first-order valence-electron chi connectivity index (χ1n) is 7.65. The molecule has 21 heavy (non-hydrogen) atoms. The van der Waals surface area contributed by atoms with Gasteiger partial charge in [-0.3, -0.25) is 4.98 Å². The van der Waals surface area contributed by atoms with Crippen molar-refractivity contribution in [3.8, 4) is 0 Å². The van der Waals surface area contributed by atoms with E-state index in [1.54, 1.807) is 0 Å². The molecule has 0 radical (unpaired) electrons. The molecule has 0 spiro atoms. The quantitative estimate of drug-likeness (QED) is 0.796. The van der Waals surface area contributed by atoms with Crippen LogP contribution in [0.1, 0.15) is 45.7 Å². The molecule has 0 atom stereocenters. The van der Waals surface area contributed by atoms with Gasteiger partial charge in [0, 0.05) is 24.4 Å². The topological polar surface area (TPSA) is 34.6 Å². The second kappa shape index (κ2) is 5.71. The molecule has 0 N–H and O–H groups in total. The molecule has 116 valence electrons. The first kappa shape index (κ1) is 16.5. The molecule has 2 heterocycles. The summed E-state index contributed by atoms with van der Waals surface area (Å²) in [5.41, 5.74) is 2.84. The SMILES string of the molecule is CCN(C)Cc1cncc(B2OC(C)(C)C(C)(C)O2)c1C. The van der Waals surface area contributed by atoms with Crippen molar-refractivity contribution in [1.29, 1.82) is 0 Å². The second-order valence-corrected chi connectivity index (χ2v) is 6.93. The molecule has 1 fully saturated rings. The van der Waals surface area contributed by atoms with Gasteiger partial charge >= 0.3 is 7.12 Å². The highest BCUT2D eigenvalue weighted by Gasteiger charge is 2.52. The Bertz CT molecular complexity index is 501. The van der Waals surface area contributed by atoms with Crippen LogP contribution < -0.4 is 5.46 Å². The van der Waals surface area contributed by atoms with Gasteiger partial charge in [-0.15, -0.1) is 0 Å². The number of hydrogen-bond acceptors (Lipinski definition) is 4. The van der Waals surface area contributed by atoms with E-state index in [-0.39, 0.29) is 18.3 Å². The number of nitrogens with zero attached hydrogens (tertiary/aromatic N) is 2. The molecular formula is C16H27BN2O2. The van der Waals surface area contributed by atoms with E-state index < -0.39 is 0 Å². The third kappa shape index (κ3) is 3.15. The molecular weight excluding hydrogens is 263 g/mol. The van der Waals surface area contributed by atoms with Crippen LogP contribution in [0.5, 0.6) is 0 Å². The van der Waals surface area contributed by atoms with E-state index in [0.717, 1.165) is 18.6 Å². The molecule has 0 saturated carbocycles. The molecule has 1 saturated heterocycles. The van der Waals surface area contributed by atoms with E-state index in [1.807, 2.05) is 12.4 Å². The van der Waals surface area contributed by atoms with Crippen LogP contribution in [0.2, 0.25) is 0 Å². The summed E-state index contributed by atoms with van der Waals surface area (Å²) in [5.74, 6) is 0. The predicted octanol–water partition coefficient (Wildman–Crippen LogP) is 2.14. The van der Waals surface area contributed by atoms with Crippen LogP contribution in [-0.4, -0.2) is 41.8 Å². The lowest BCUT2D eigenvalue weighted by Gasteiger charge is -2.32. The largest absolute Gasteiger partial charge is 0.496 e. The first-order chi connectivity index (χ1) is 9.68. The van der Waals surface area contributed by atoms with Gasteiger partial charge in [0.15, 0.2) is 0 Å². The van der Waals surface area contributed by atoms with Crippen LogP contribution in [0.25, 0.3) is 0 Å². The van der Waals surface area contributed by atoms with E-state index in [4.69, 9.17) is 9.31 Å². The van der Waals surface area contributed by atoms with E-state index in [1.165, 1.54) is 11.1 Å². The van der Waals surface area contributed by atoms with Gasteiger partial charge in [-0.1, -0.05) is 6.92 Å². The highest BCUT2D eigenvalue weighted by Crippen LogP contribution is 2.36. The van der Waals surface area contributed by atoms with Gasteiger partial charge in [0.1, 0.15) is 0 Å². The molecule has 0 aliphatic carbocycles. The van der Waals surface area contributed by atoms with Crippen molar-refractivity contribution < 1.29 is 9.31 Å². The minimum atomic E-state index is -0.339. The maximum Gasteiger partial charge on any atom is 0.496 e. The van der Waals surface area contributed by atoms with Crippen molar-refractivity contribution in [2.75, 3.05) is 13.6 Å². The number of aromatic nitrogens is 1. The molecule has 1 aromatic rings. The fraction of sp³-hybridized carbons (Fsp3) is 0.688. The molecule has 1 aliphatic heterocycles. The molecule has 0 aromatic carbocycles. The van der Waals surface area contributed by atoms with Gasteiger partial charge in [-0.2, -0.15) is 0 Å². The predicted molar refractivity (Wildman–Crippen MR) is 86.7 cm³/mol. The summed E-state index contributed by atoms with van der Waals surface area (Å²) in [6.07, 6.45) is 3.81. The third-order valence-electron chi connectivity index (χ3n) is 4.85. The average molecular weight is 290 g/mol. The zero-order chi connectivity index (χ0) is 15.8. The van der Waals surface area contributed by atoms with Crippen LogP contribution in [0.4, 0.5) is 0 Å². The Kier molecular flexibility index (Phi) is 4.48. The lowest BCUT2D eigenvalue weighted by molar-refractivity contribution is 0.00578. The van der Waals surface area contributed by atoms with Gasteiger partial charge in [0.2, 0.25) is 0 Å². The Balaban J connectivity index is 2.28. The number of rotatable bonds is 4. The van der Waals surface area contributed by atoms with Crippen molar-refractivity contribution in [3.05, 3.63) is 23.5 Å². The van der Waals surface area contributed by atoms with Crippen LogP contribution in [0.3, 0.4) is 0 Å². The molecule has 5 heteroatoms. The lowest BCUT2D eigenvalue weighted by atomic mass is 9.76. The van der Waals surface area contributed by atoms with E-state index >= 15 is 0 Å². The summed E-state index contributed by atoms with van der Waals surface area (Å²) in [6, 6.07) is 0. The Morgan fingerprint density at radius 1 is 1.14 bits per heavy atom. The minimum Gasteiger partial charge on any atom is -0.399 e. The number of pyridine rings is 1. The van der Waals surface area contributed by atoms with Crippen LogP contribution in [-0.2, 0) is 15.9 Å². The summed E-state index contributed by atoms with van der Waals surface area (Å²) < 4.78 is 12.3. The average Bonchev–Trinajstić information content (AvgIpc) is 2.60. The van der Waals surface area contributed by atoms with Crippen molar-refractivity contribution in [1.82, 2.24) is 9.88 Å². The summed E-state index contributed by atoms with van der Waals surface area (Å²) in [7, 11) is 1.77. The molecule has 0 unspecified atom stereocenters. The second-order valence-electron chi connectivity index (χ2n) is 6.93. The highest BCUT2D eigenvalue weighted by molar-refractivity contribution is 6.62. The molecule has 0 bridgehead atoms. The summed E-state index contributed by atoms with van der Waals surface area (Å²) in [5, 5.41) is 0. The highest BCUT2D eigenvalue weighted by atomic mass is 16.7. The molecule has 0 amide bonds. The fourth-order valence-corrected chi connectivity index (χ4v) is 2.36. The Morgan fingerprint density at radius 3 is 2.24 bits per heavy atom. The zero-order valence-corrected chi connectivity index (χ0v) is 14.4. The molecule has 2 rings (SSSR count). The van der Waals surface area contributed by atoms with E-state index in [9.17, 15) is 0 Å². The monoisotopic (exact) mass is 290 g/mol. The van der Waals surface area contributed by atoms with Gasteiger partial charge in [-0.25, -0.2) is 0 Å². The molecule has 1 aliphatic rings. The van der Waals surface area contributed by atoms with Crippen molar-refractivity contribution in [2.45, 2.75) is 59.3 Å². The Morgan fingerprint density at radius 2 is 1.71 bits per heavy atom. The van der Waals surface area contributed by atoms with Gasteiger partial charge < -0.3 is 14.2 Å². The van der Waals surface area contributed by atoms with Gasteiger partial charge in [0.05, 0.1) is 11.2 Å². The summed E-state index contributed by atoms with van der Waals surface area (Å²) in [4.78, 5) is 6.65.